The van der Waals surface area contributed by atoms with E-state index in [1.165, 1.54) is 11.8 Å². The summed E-state index contributed by atoms with van der Waals surface area (Å²) < 4.78 is 5.11. The van der Waals surface area contributed by atoms with E-state index in [1.54, 1.807) is 25.3 Å². The van der Waals surface area contributed by atoms with E-state index in [0.29, 0.717) is 32.7 Å². The van der Waals surface area contributed by atoms with Crippen LogP contribution in [0.15, 0.2) is 23.2 Å². The lowest BCUT2D eigenvalue weighted by Crippen LogP contribution is -2.17. The van der Waals surface area contributed by atoms with Crippen LogP contribution < -0.4 is 10.1 Å². The molecule has 0 fully saturated rings. The number of nitrogens with zero attached hydrogens (tertiary/aromatic N) is 2. The Morgan fingerprint density at radius 3 is 2.58 bits per heavy atom. The zero-order valence-corrected chi connectivity index (χ0v) is 15.9. The van der Waals surface area contributed by atoms with E-state index in [4.69, 9.17) is 16.3 Å². The third-order valence-corrected chi connectivity index (χ3v) is 4.40. The molecule has 128 valence electrons. The SMILES string of the molecule is COc1ccc(NC(=O)c2c(C)nc(C(C)C)nc2SC)cc1Cl. The fraction of sp³-hybridized carbons (Fsp3) is 0.353. The van der Waals surface area contributed by atoms with Gasteiger partial charge in [0.1, 0.15) is 16.6 Å². The summed E-state index contributed by atoms with van der Waals surface area (Å²) in [4.78, 5) is 21.6. The quantitative estimate of drug-likeness (QED) is 0.622. The summed E-state index contributed by atoms with van der Waals surface area (Å²) in [6.07, 6.45) is 1.90. The molecule has 0 atom stereocenters. The number of anilines is 1. The number of halogens is 1. The predicted molar refractivity (Wildman–Crippen MR) is 98.6 cm³/mol. The van der Waals surface area contributed by atoms with Crippen LogP contribution in [0.5, 0.6) is 5.75 Å². The van der Waals surface area contributed by atoms with Gasteiger partial charge < -0.3 is 10.1 Å². The van der Waals surface area contributed by atoms with Crippen molar-refractivity contribution in [2.75, 3.05) is 18.7 Å². The van der Waals surface area contributed by atoms with E-state index in [-0.39, 0.29) is 11.8 Å². The van der Waals surface area contributed by atoms with Crippen LogP contribution in [0.2, 0.25) is 5.02 Å². The van der Waals surface area contributed by atoms with Crippen molar-refractivity contribution in [2.45, 2.75) is 31.7 Å². The fourth-order valence-electron chi connectivity index (χ4n) is 2.17. The Morgan fingerprint density at radius 2 is 2.04 bits per heavy atom. The van der Waals surface area contributed by atoms with Crippen LogP contribution in [0.25, 0.3) is 0 Å². The number of aromatic nitrogens is 2. The summed E-state index contributed by atoms with van der Waals surface area (Å²) in [5.41, 5.74) is 1.74. The van der Waals surface area contributed by atoms with Gasteiger partial charge in [0.15, 0.2) is 0 Å². The van der Waals surface area contributed by atoms with Crippen molar-refractivity contribution >= 4 is 35.0 Å². The second-order valence-corrected chi connectivity index (χ2v) is 6.71. The second kappa shape index (κ2) is 7.85. The molecule has 2 aromatic rings. The summed E-state index contributed by atoms with van der Waals surface area (Å²) in [5.74, 6) is 1.24. The summed E-state index contributed by atoms with van der Waals surface area (Å²) in [7, 11) is 1.54. The van der Waals surface area contributed by atoms with Crippen LogP contribution in [-0.4, -0.2) is 29.2 Å². The Bertz CT molecular complexity index is 766. The van der Waals surface area contributed by atoms with Crippen molar-refractivity contribution in [2.24, 2.45) is 0 Å². The van der Waals surface area contributed by atoms with Crippen LogP contribution in [0.1, 0.15) is 41.6 Å². The molecule has 0 saturated heterocycles. The number of methoxy groups -OCH3 is 1. The lowest BCUT2D eigenvalue weighted by Gasteiger charge is -2.14. The van der Waals surface area contributed by atoms with Crippen LogP contribution in [0, 0.1) is 6.92 Å². The van der Waals surface area contributed by atoms with Gasteiger partial charge in [0, 0.05) is 11.6 Å². The average Bonchev–Trinajstić information content (AvgIpc) is 2.53. The first-order valence-corrected chi connectivity index (χ1v) is 9.05. The molecule has 1 heterocycles. The molecule has 0 aliphatic rings. The molecule has 1 N–H and O–H groups in total. The third kappa shape index (κ3) is 3.99. The van der Waals surface area contributed by atoms with Gasteiger partial charge in [-0.3, -0.25) is 4.79 Å². The first-order chi connectivity index (χ1) is 11.4. The molecular weight excluding hydrogens is 346 g/mol. The fourth-order valence-corrected chi connectivity index (χ4v) is 3.06. The maximum atomic E-state index is 12.7. The van der Waals surface area contributed by atoms with Crippen LogP contribution >= 0.6 is 23.4 Å². The predicted octanol–water partition coefficient (Wildman–Crippen LogP) is 4.54. The van der Waals surface area contributed by atoms with Gasteiger partial charge in [-0.15, -0.1) is 11.8 Å². The highest BCUT2D eigenvalue weighted by Gasteiger charge is 2.19. The zero-order chi connectivity index (χ0) is 17.9. The minimum atomic E-state index is -0.256. The highest BCUT2D eigenvalue weighted by molar-refractivity contribution is 7.98. The van der Waals surface area contributed by atoms with Gasteiger partial charge in [-0.05, 0) is 31.4 Å². The molecular formula is C17H20ClN3O2S. The Morgan fingerprint density at radius 1 is 1.33 bits per heavy atom. The van der Waals surface area contributed by atoms with Gasteiger partial charge >= 0.3 is 0 Å². The highest BCUT2D eigenvalue weighted by atomic mass is 35.5. The van der Waals surface area contributed by atoms with Gasteiger partial charge in [0.2, 0.25) is 0 Å². The maximum Gasteiger partial charge on any atom is 0.260 e. The van der Waals surface area contributed by atoms with Crippen LogP contribution in [0.4, 0.5) is 5.69 Å². The first-order valence-electron chi connectivity index (χ1n) is 7.44. The van der Waals surface area contributed by atoms with Gasteiger partial charge in [0.05, 0.1) is 23.4 Å². The average molecular weight is 366 g/mol. The Kier molecular flexibility index (Phi) is 6.07. The van der Waals surface area contributed by atoms with E-state index in [1.807, 2.05) is 27.0 Å². The van der Waals surface area contributed by atoms with Crippen molar-refractivity contribution in [1.29, 1.82) is 0 Å². The normalized spacial score (nSPS) is 10.8. The van der Waals surface area contributed by atoms with E-state index >= 15 is 0 Å². The van der Waals surface area contributed by atoms with Gasteiger partial charge in [0.25, 0.3) is 5.91 Å². The number of carbonyl (C=O) groups excluding carboxylic acids is 1. The third-order valence-electron chi connectivity index (χ3n) is 3.42. The smallest absolute Gasteiger partial charge is 0.260 e. The largest absolute Gasteiger partial charge is 0.495 e. The van der Waals surface area contributed by atoms with E-state index in [2.05, 4.69) is 15.3 Å². The molecule has 0 saturated carbocycles. The van der Waals surface area contributed by atoms with Crippen molar-refractivity contribution in [1.82, 2.24) is 9.97 Å². The number of amides is 1. The van der Waals surface area contributed by atoms with Gasteiger partial charge in [-0.1, -0.05) is 25.4 Å². The maximum absolute atomic E-state index is 12.7. The lowest BCUT2D eigenvalue weighted by atomic mass is 10.1. The monoisotopic (exact) mass is 365 g/mol. The summed E-state index contributed by atoms with van der Waals surface area (Å²) in [6, 6.07) is 5.09. The minimum absolute atomic E-state index is 0.201. The molecule has 1 aromatic heterocycles. The summed E-state index contributed by atoms with van der Waals surface area (Å²) in [5, 5.41) is 3.95. The van der Waals surface area contributed by atoms with Crippen molar-refractivity contribution in [3.05, 3.63) is 40.3 Å². The van der Waals surface area contributed by atoms with Gasteiger partial charge in [-0.2, -0.15) is 0 Å². The minimum Gasteiger partial charge on any atom is -0.495 e. The number of carbonyl (C=O) groups is 1. The van der Waals surface area contributed by atoms with E-state index in [0.717, 1.165) is 5.82 Å². The van der Waals surface area contributed by atoms with Crippen LogP contribution in [0.3, 0.4) is 0 Å². The number of benzene rings is 1. The molecule has 0 spiro atoms. The Hall–Kier alpha value is -1.79. The molecule has 5 nitrogen and oxygen atoms in total. The summed E-state index contributed by atoms with van der Waals surface area (Å²) >= 11 is 7.53. The molecule has 0 aliphatic heterocycles. The Labute approximate surface area is 151 Å². The number of thioether (sulfide) groups is 1. The second-order valence-electron chi connectivity index (χ2n) is 5.51. The Balaban J connectivity index is 2.34. The lowest BCUT2D eigenvalue weighted by molar-refractivity contribution is 0.102. The molecule has 1 amide bonds. The molecule has 7 heteroatoms. The summed E-state index contributed by atoms with van der Waals surface area (Å²) in [6.45, 7) is 5.87. The van der Waals surface area contributed by atoms with E-state index < -0.39 is 0 Å². The first kappa shape index (κ1) is 18.5. The highest BCUT2D eigenvalue weighted by Crippen LogP contribution is 2.28. The number of hydrogen-bond acceptors (Lipinski definition) is 5. The standard InChI is InChI=1S/C17H20ClN3O2S/c1-9(2)15-19-10(3)14(17(21-15)24-5)16(22)20-11-6-7-13(23-4)12(18)8-11/h6-9H,1-5H3,(H,20,22). The van der Waals surface area contributed by atoms with E-state index in [9.17, 15) is 4.79 Å². The topological polar surface area (TPSA) is 64.1 Å². The molecule has 0 bridgehead atoms. The van der Waals surface area contributed by atoms with Gasteiger partial charge in [-0.25, -0.2) is 9.97 Å². The number of ether oxygens (including phenoxy) is 1. The molecule has 2 rings (SSSR count). The number of hydrogen-bond donors (Lipinski definition) is 1. The molecule has 0 radical (unpaired) electrons. The number of aryl methyl sites for hydroxylation is 1. The van der Waals surface area contributed by atoms with Crippen molar-refractivity contribution < 1.29 is 9.53 Å². The zero-order valence-electron chi connectivity index (χ0n) is 14.3. The molecule has 24 heavy (non-hydrogen) atoms. The molecule has 0 aliphatic carbocycles. The molecule has 0 unspecified atom stereocenters. The number of nitrogens with one attached hydrogen (secondary N) is 1. The van der Waals surface area contributed by atoms with Crippen molar-refractivity contribution in [3.8, 4) is 5.75 Å². The number of rotatable bonds is 5. The molecule has 1 aromatic carbocycles. The van der Waals surface area contributed by atoms with Crippen molar-refractivity contribution in [3.63, 3.8) is 0 Å². The van der Waals surface area contributed by atoms with Crippen LogP contribution in [-0.2, 0) is 0 Å².